The Hall–Kier alpha value is -1.10. The Morgan fingerprint density at radius 3 is 2.53 bits per heavy atom. The number of carbonyl (C=O) groups is 2. The average molecular weight is 213 g/mol. The van der Waals surface area contributed by atoms with Crippen molar-refractivity contribution in [1.82, 2.24) is 5.32 Å². The summed E-state index contributed by atoms with van der Waals surface area (Å²) in [4.78, 5) is 22.1. The van der Waals surface area contributed by atoms with Crippen LogP contribution in [0.4, 0.5) is 0 Å². The summed E-state index contributed by atoms with van der Waals surface area (Å²) in [5.74, 6) is -0.529. The first-order valence-corrected chi connectivity index (χ1v) is 5.43. The molecule has 0 aliphatic heterocycles. The van der Waals surface area contributed by atoms with Gasteiger partial charge >= 0.3 is 0 Å². The third-order valence-electron chi connectivity index (χ3n) is 2.83. The molecule has 0 heterocycles. The Kier molecular flexibility index (Phi) is 4.55. The van der Waals surface area contributed by atoms with Gasteiger partial charge in [0.1, 0.15) is 0 Å². The zero-order chi connectivity index (χ0) is 11.3. The highest BCUT2D eigenvalue weighted by Gasteiger charge is 2.27. The maximum atomic E-state index is 11.6. The number of carbonyl (C=O) groups excluding carboxylic acids is 2. The normalized spacial score (nSPS) is 25.9. The van der Waals surface area contributed by atoms with Gasteiger partial charge in [0.2, 0.25) is 11.8 Å². The van der Waals surface area contributed by atoms with E-state index in [9.17, 15) is 9.59 Å². The molecule has 5 nitrogen and oxygen atoms in total. The fourth-order valence-electron chi connectivity index (χ4n) is 1.93. The first-order valence-electron chi connectivity index (χ1n) is 5.43. The van der Waals surface area contributed by atoms with Gasteiger partial charge in [-0.15, -0.1) is 0 Å². The molecular weight excluding hydrogens is 194 g/mol. The van der Waals surface area contributed by atoms with E-state index in [1.54, 1.807) is 0 Å². The Balaban J connectivity index is 2.29. The molecular formula is C10H19N3O2. The fraction of sp³-hybridized carbons (Fsp3) is 0.800. The number of rotatable bonds is 4. The van der Waals surface area contributed by atoms with E-state index in [-0.39, 0.29) is 24.3 Å². The summed E-state index contributed by atoms with van der Waals surface area (Å²) in [6.45, 7) is 0.317. The van der Waals surface area contributed by atoms with Gasteiger partial charge in [-0.3, -0.25) is 9.59 Å². The van der Waals surface area contributed by atoms with Gasteiger partial charge in [-0.2, -0.15) is 0 Å². The quantitative estimate of drug-likeness (QED) is 0.587. The van der Waals surface area contributed by atoms with Gasteiger partial charge in [0.15, 0.2) is 0 Å². The molecule has 0 bridgehead atoms. The highest BCUT2D eigenvalue weighted by atomic mass is 16.2. The predicted octanol–water partition coefficient (Wildman–Crippen LogP) is -0.504. The zero-order valence-electron chi connectivity index (χ0n) is 8.87. The van der Waals surface area contributed by atoms with Crippen LogP contribution in [0.3, 0.4) is 0 Å². The van der Waals surface area contributed by atoms with Gasteiger partial charge in [-0.05, 0) is 12.8 Å². The van der Waals surface area contributed by atoms with Crippen LogP contribution in [0.1, 0.15) is 32.1 Å². The van der Waals surface area contributed by atoms with E-state index in [0.29, 0.717) is 6.54 Å². The van der Waals surface area contributed by atoms with E-state index in [2.05, 4.69) is 5.32 Å². The third kappa shape index (κ3) is 3.87. The molecule has 0 spiro atoms. The molecule has 0 radical (unpaired) electrons. The highest BCUT2D eigenvalue weighted by Crippen LogP contribution is 2.22. The van der Waals surface area contributed by atoms with Crippen molar-refractivity contribution in [2.24, 2.45) is 17.4 Å². The molecule has 86 valence electrons. The summed E-state index contributed by atoms with van der Waals surface area (Å²) in [6.07, 6.45) is 4.11. The van der Waals surface area contributed by atoms with E-state index in [1.165, 1.54) is 0 Å². The van der Waals surface area contributed by atoms with Gasteiger partial charge in [-0.1, -0.05) is 12.8 Å². The Bertz CT molecular complexity index is 243. The summed E-state index contributed by atoms with van der Waals surface area (Å²) >= 11 is 0. The van der Waals surface area contributed by atoms with Crippen LogP contribution in [0.2, 0.25) is 0 Å². The highest BCUT2D eigenvalue weighted by molar-refractivity contribution is 5.80. The molecule has 1 aliphatic rings. The molecule has 0 aromatic carbocycles. The SMILES string of the molecule is NC(=O)CCNC(=O)C1CCCCC1N. The molecule has 5 heteroatoms. The maximum absolute atomic E-state index is 11.6. The van der Waals surface area contributed by atoms with Crippen LogP contribution in [0.15, 0.2) is 0 Å². The van der Waals surface area contributed by atoms with Crippen LogP contribution < -0.4 is 16.8 Å². The van der Waals surface area contributed by atoms with E-state index in [0.717, 1.165) is 25.7 Å². The number of nitrogens with one attached hydrogen (secondary N) is 1. The molecule has 2 amide bonds. The predicted molar refractivity (Wildman–Crippen MR) is 56.8 cm³/mol. The second-order valence-electron chi connectivity index (χ2n) is 4.06. The topological polar surface area (TPSA) is 98.2 Å². The molecule has 15 heavy (non-hydrogen) atoms. The minimum absolute atomic E-state index is 0.0349. The van der Waals surface area contributed by atoms with Gasteiger partial charge in [0.05, 0.1) is 5.92 Å². The number of nitrogens with two attached hydrogens (primary N) is 2. The molecule has 5 N–H and O–H groups in total. The van der Waals surface area contributed by atoms with Crippen LogP contribution in [-0.2, 0) is 9.59 Å². The summed E-state index contributed by atoms with van der Waals surface area (Å²) < 4.78 is 0. The molecule has 1 rings (SSSR count). The largest absolute Gasteiger partial charge is 0.370 e. The molecule has 1 fully saturated rings. The number of amides is 2. The number of hydrogen-bond acceptors (Lipinski definition) is 3. The standard InChI is InChI=1S/C10H19N3O2/c11-8-4-2-1-3-7(8)10(15)13-6-5-9(12)14/h7-8H,1-6,11H2,(H2,12,14)(H,13,15). The van der Waals surface area contributed by atoms with Crippen LogP contribution in [0.25, 0.3) is 0 Å². The van der Waals surface area contributed by atoms with E-state index >= 15 is 0 Å². The fourth-order valence-corrected chi connectivity index (χ4v) is 1.93. The lowest BCUT2D eigenvalue weighted by Crippen LogP contribution is -2.44. The van der Waals surface area contributed by atoms with Gasteiger partial charge in [-0.25, -0.2) is 0 Å². The molecule has 2 unspecified atom stereocenters. The molecule has 0 aromatic rings. The van der Waals surface area contributed by atoms with Crippen molar-refractivity contribution in [3.05, 3.63) is 0 Å². The maximum Gasteiger partial charge on any atom is 0.224 e. The number of hydrogen-bond donors (Lipinski definition) is 3. The lowest BCUT2D eigenvalue weighted by Gasteiger charge is -2.27. The van der Waals surface area contributed by atoms with Crippen LogP contribution in [0.5, 0.6) is 0 Å². The molecule has 1 aliphatic carbocycles. The van der Waals surface area contributed by atoms with Gasteiger partial charge in [0.25, 0.3) is 0 Å². The Labute approximate surface area is 89.6 Å². The van der Waals surface area contributed by atoms with E-state index in [1.807, 2.05) is 0 Å². The number of primary amides is 1. The van der Waals surface area contributed by atoms with E-state index in [4.69, 9.17) is 11.5 Å². The lowest BCUT2D eigenvalue weighted by atomic mass is 9.84. The summed E-state index contributed by atoms with van der Waals surface area (Å²) in [5.41, 5.74) is 10.8. The first-order chi connectivity index (χ1) is 7.11. The van der Waals surface area contributed by atoms with Crippen LogP contribution >= 0.6 is 0 Å². The van der Waals surface area contributed by atoms with Crippen molar-refractivity contribution in [2.45, 2.75) is 38.1 Å². The summed E-state index contributed by atoms with van der Waals surface area (Å²) in [6, 6.07) is -0.0349. The Morgan fingerprint density at radius 2 is 1.93 bits per heavy atom. The lowest BCUT2D eigenvalue weighted by molar-refractivity contribution is -0.126. The minimum atomic E-state index is -0.400. The zero-order valence-corrected chi connectivity index (χ0v) is 8.87. The first kappa shape index (κ1) is 12.0. The van der Waals surface area contributed by atoms with Crippen LogP contribution in [0, 0.1) is 5.92 Å². The van der Waals surface area contributed by atoms with Gasteiger partial charge < -0.3 is 16.8 Å². The molecule has 2 atom stereocenters. The van der Waals surface area contributed by atoms with Crippen molar-refractivity contribution in [3.63, 3.8) is 0 Å². The van der Waals surface area contributed by atoms with Gasteiger partial charge in [0, 0.05) is 19.0 Å². The summed E-state index contributed by atoms with van der Waals surface area (Å²) in [7, 11) is 0. The third-order valence-corrected chi connectivity index (χ3v) is 2.83. The second kappa shape index (κ2) is 5.70. The summed E-state index contributed by atoms with van der Waals surface area (Å²) in [5, 5.41) is 2.69. The van der Waals surface area contributed by atoms with Crippen molar-refractivity contribution in [1.29, 1.82) is 0 Å². The van der Waals surface area contributed by atoms with Crippen LogP contribution in [-0.4, -0.2) is 24.4 Å². The molecule has 0 saturated heterocycles. The Morgan fingerprint density at radius 1 is 1.27 bits per heavy atom. The second-order valence-corrected chi connectivity index (χ2v) is 4.06. The van der Waals surface area contributed by atoms with Crippen molar-refractivity contribution < 1.29 is 9.59 Å². The average Bonchev–Trinajstić information content (AvgIpc) is 2.17. The molecule has 1 saturated carbocycles. The minimum Gasteiger partial charge on any atom is -0.370 e. The smallest absolute Gasteiger partial charge is 0.224 e. The van der Waals surface area contributed by atoms with Crippen molar-refractivity contribution in [2.75, 3.05) is 6.54 Å². The van der Waals surface area contributed by atoms with Crippen molar-refractivity contribution in [3.8, 4) is 0 Å². The van der Waals surface area contributed by atoms with E-state index < -0.39 is 5.91 Å². The monoisotopic (exact) mass is 213 g/mol. The van der Waals surface area contributed by atoms with Crippen molar-refractivity contribution >= 4 is 11.8 Å². The molecule has 0 aromatic heterocycles.